The number of ether oxygens (including phenoxy) is 2. The van der Waals surface area contributed by atoms with Gasteiger partial charge >= 0.3 is 0 Å². The van der Waals surface area contributed by atoms with Crippen molar-refractivity contribution in [3.8, 4) is 22.8 Å². The largest absolute Gasteiger partial charge is 0.497 e. The summed E-state index contributed by atoms with van der Waals surface area (Å²) >= 11 is 13.5. The van der Waals surface area contributed by atoms with E-state index in [0.717, 1.165) is 4.70 Å². The molecule has 4 aromatic rings. The van der Waals surface area contributed by atoms with Crippen LogP contribution in [0.4, 0.5) is 5.13 Å². The standard InChI is InChI=1S/C20H14Cl2N2O4S/c1-26-11-8-16(27-2)18-17(9-11)29-20(23-18)24-19(25)15-6-5-14(28-15)12-7-10(21)3-4-13(12)22/h3-9H,1-2H3,(H,23,24,25). The minimum atomic E-state index is -0.431. The Balaban J connectivity index is 1.60. The number of rotatable bonds is 5. The zero-order valence-electron chi connectivity index (χ0n) is 15.3. The van der Waals surface area contributed by atoms with Crippen molar-refractivity contribution in [2.75, 3.05) is 19.5 Å². The first-order valence-electron chi connectivity index (χ1n) is 8.37. The van der Waals surface area contributed by atoms with Gasteiger partial charge in [-0.2, -0.15) is 0 Å². The lowest BCUT2D eigenvalue weighted by Gasteiger charge is -2.03. The number of thiazole rings is 1. The number of hydrogen-bond acceptors (Lipinski definition) is 6. The fraction of sp³-hybridized carbons (Fsp3) is 0.100. The number of aromatic nitrogens is 1. The molecule has 0 unspecified atom stereocenters. The summed E-state index contributed by atoms with van der Waals surface area (Å²) < 4.78 is 17.1. The number of anilines is 1. The highest BCUT2D eigenvalue weighted by atomic mass is 35.5. The van der Waals surface area contributed by atoms with Gasteiger partial charge in [0.25, 0.3) is 5.91 Å². The van der Waals surface area contributed by atoms with Crippen LogP contribution in [0.1, 0.15) is 10.6 Å². The third-order valence-corrected chi connectivity index (χ3v) is 5.62. The van der Waals surface area contributed by atoms with Gasteiger partial charge in [0.05, 0.1) is 23.9 Å². The smallest absolute Gasteiger partial charge is 0.293 e. The fourth-order valence-electron chi connectivity index (χ4n) is 2.75. The van der Waals surface area contributed by atoms with Crippen LogP contribution in [-0.4, -0.2) is 25.1 Å². The molecule has 2 aromatic carbocycles. The summed E-state index contributed by atoms with van der Waals surface area (Å²) in [5.41, 5.74) is 1.24. The van der Waals surface area contributed by atoms with Crippen LogP contribution in [0.3, 0.4) is 0 Å². The quantitative estimate of drug-likeness (QED) is 0.397. The molecule has 0 saturated heterocycles. The molecule has 0 fully saturated rings. The van der Waals surface area contributed by atoms with Gasteiger partial charge in [-0.1, -0.05) is 34.5 Å². The molecule has 0 aliphatic heterocycles. The number of halogens is 2. The monoisotopic (exact) mass is 448 g/mol. The summed E-state index contributed by atoms with van der Waals surface area (Å²) in [5.74, 6) is 1.34. The van der Waals surface area contributed by atoms with E-state index in [-0.39, 0.29) is 5.76 Å². The Kier molecular flexibility index (Phi) is 5.36. The van der Waals surface area contributed by atoms with Crippen LogP contribution in [0.2, 0.25) is 10.0 Å². The van der Waals surface area contributed by atoms with E-state index in [2.05, 4.69) is 10.3 Å². The number of benzene rings is 2. The average Bonchev–Trinajstić information content (AvgIpc) is 3.35. The van der Waals surface area contributed by atoms with Crippen molar-refractivity contribution >= 4 is 55.8 Å². The molecule has 4 rings (SSSR count). The molecule has 6 nitrogen and oxygen atoms in total. The lowest BCUT2D eigenvalue weighted by Crippen LogP contribution is -2.10. The van der Waals surface area contributed by atoms with Crippen molar-refractivity contribution in [3.05, 3.63) is 58.3 Å². The van der Waals surface area contributed by atoms with Gasteiger partial charge in [0.15, 0.2) is 10.9 Å². The Hall–Kier alpha value is -2.74. The summed E-state index contributed by atoms with van der Waals surface area (Å²) in [6, 6.07) is 11.8. The topological polar surface area (TPSA) is 73.6 Å². The van der Waals surface area contributed by atoms with E-state index >= 15 is 0 Å². The third kappa shape index (κ3) is 3.89. The Bertz CT molecular complexity index is 1220. The van der Waals surface area contributed by atoms with Crippen molar-refractivity contribution < 1.29 is 18.7 Å². The number of fused-ring (bicyclic) bond motifs is 1. The van der Waals surface area contributed by atoms with E-state index in [9.17, 15) is 4.79 Å². The second kappa shape index (κ2) is 7.94. The highest BCUT2D eigenvalue weighted by molar-refractivity contribution is 7.22. The van der Waals surface area contributed by atoms with Crippen LogP contribution in [0.5, 0.6) is 11.5 Å². The third-order valence-electron chi connectivity index (χ3n) is 4.13. The molecule has 148 valence electrons. The van der Waals surface area contributed by atoms with Gasteiger partial charge < -0.3 is 13.9 Å². The molecule has 2 aromatic heterocycles. The van der Waals surface area contributed by atoms with E-state index < -0.39 is 5.91 Å². The second-order valence-electron chi connectivity index (χ2n) is 5.94. The van der Waals surface area contributed by atoms with Gasteiger partial charge in [-0.05, 0) is 36.4 Å². The molecule has 0 atom stereocenters. The summed E-state index contributed by atoms with van der Waals surface area (Å²) in [5, 5.41) is 4.15. The number of carbonyl (C=O) groups excluding carboxylic acids is 1. The van der Waals surface area contributed by atoms with Gasteiger partial charge in [0, 0.05) is 16.7 Å². The summed E-state index contributed by atoms with van der Waals surface area (Å²) in [6.45, 7) is 0. The number of amides is 1. The molecule has 29 heavy (non-hydrogen) atoms. The van der Waals surface area contributed by atoms with Crippen LogP contribution in [0.25, 0.3) is 21.5 Å². The molecule has 9 heteroatoms. The van der Waals surface area contributed by atoms with Crippen LogP contribution in [0.15, 0.2) is 46.9 Å². The van der Waals surface area contributed by atoms with E-state index in [0.29, 0.717) is 43.5 Å². The maximum Gasteiger partial charge on any atom is 0.293 e. The maximum atomic E-state index is 12.6. The molecule has 0 saturated carbocycles. The molecule has 0 radical (unpaired) electrons. The molecular formula is C20H14Cl2N2O4S. The Morgan fingerprint density at radius 3 is 2.69 bits per heavy atom. The SMILES string of the molecule is COc1cc(OC)c2nc(NC(=O)c3ccc(-c4cc(Cl)ccc4Cl)o3)sc2c1. The van der Waals surface area contributed by atoms with Gasteiger partial charge in [-0.3, -0.25) is 10.1 Å². The molecule has 1 N–H and O–H groups in total. The number of nitrogens with one attached hydrogen (secondary N) is 1. The first kappa shape index (κ1) is 19.6. The van der Waals surface area contributed by atoms with E-state index in [1.54, 1.807) is 50.6 Å². The van der Waals surface area contributed by atoms with Crippen LogP contribution < -0.4 is 14.8 Å². The van der Waals surface area contributed by atoms with Crippen molar-refractivity contribution in [1.29, 1.82) is 0 Å². The summed E-state index contributed by atoms with van der Waals surface area (Å²) in [4.78, 5) is 17.1. The van der Waals surface area contributed by atoms with Crippen molar-refractivity contribution in [1.82, 2.24) is 4.98 Å². The first-order chi connectivity index (χ1) is 14.0. The predicted molar refractivity (Wildman–Crippen MR) is 115 cm³/mol. The normalized spacial score (nSPS) is 10.9. The molecule has 0 bridgehead atoms. The van der Waals surface area contributed by atoms with Crippen molar-refractivity contribution in [2.24, 2.45) is 0 Å². The fourth-order valence-corrected chi connectivity index (χ4v) is 4.04. The molecule has 0 spiro atoms. The van der Waals surface area contributed by atoms with Crippen molar-refractivity contribution in [2.45, 2.75) is 0 Å². The zero-order chi connectivity index (χ0) is 20.5. The van der Waals surface area contributed by atoms with E-state index in [1.807, 2.05) is 6.07 Å². The van der Waals surface area contributed by atoms with Gasteiger partial charge in [-0.25, -0.2) is 4.98 Å². The summed E-state index contributed by atoms with van der Waals surface area (Å²) in [6.07, 6.45) is 0. The molecule has 0 aliphatic carbocycles. The Morgan fingerprint density at radius 2 is 1.93 bits per heavy atom. The molecule has 2 heterocycles. The molecular weight excluding hydrogens is 435 g/mol. The minimum absolute atomic E-state index is 0.125. The number of carbonyl (C=O) groups is 1. The number of hydrogen-bond donors (Lipinski definition) is 1. The number of methoxy groups -OCH3 is 2. The lowest BCUT2D eigenvalue weighted by molar-refractivity contribution is 0.0997. The minimum Gasteiger partial charge on any atom is -0.497 e. The molecule has 1 amide bonds. The second-order valence-corrected chi connectivity index (χ2v) is 7.81. The molecule has 0 aliphatic rings. The lowest BCUT2D eigenvalue weighted by atomic mass is 10.2. The first-order valence-corrected chi connectivity index (χ1v) is 9.95. The van der Waals surface area contributed by atoms with Gasteiger partial charge in [0.2, 0.25) is 0 Å². The number of nitrogens with zero attached hydrogens (tertiary/aromatic N) is 1. The highest BCUT2D eigenvalue weighted by Gasteiger charge is 2.17. The van der Waals surface area contributed by atoms with Crippen LogP contribution in [-0.2, 0) is 0 Å². The Labute approximate surface area is 180 Å². The Morgan fingerprint density at radius 1 is 1.10 bits per heavy atom. The van der Waals surface area contributed by atoms with Gasteiger partial charge in [-0.15, -0.1) is 0 Å². The van der Waals surface area contributed by atoms with Crippen LogP contribution >= 0.6 is 34.5 Å². The van der Waals surface area contributed by atoms with E-state index in [4.69, 9.17) is 37.1 Å². The number of furan rings is 1. The zero-order valence-corrected chi connectivity index (χ0v) is 17.6. The predicted octanol–water partition coefficient (Wildman–Crippen LogP) is 6.13. The average molecular weight is 449 g/mol. The highest BCUT2D eigenvalue weighted by Crippen LogP contribution is 2.37. The van der Waals surface area contributed by atoms with Crippen molar-refractivity contribution in [3.63, 3.8) is 0 Å². The maximum absolute atomic E-state index is 12.6. The summed E-state index contributed by atoms with van der Waals surface area (Å²) in [7, 11) is 3.13. The van der Waals surface area contributed by atoms with E-state index in [1.165, 1.54) is 11.3 Å². The van der Waals surface area contributed by atoms with Gasteiger partial charge in [0.1, 0.15) is 22.8 Å². The van der Waals surface area contributed by atoms with Crippen LogP contribution in [0, 0.1) is 0 Å².